The molecule has 2 nitrogen and oxygen atoms in total. The molecule has 0 saturated carbocycles. The Balaban J connectivity index is 2.27. The van der Waals surface area contributed by atoms with Crippen molar-refractivity contribution >= 4 is 0 Å². The molecule has 0 radical (unpaired) electrons. The molecule has 0 aliphatic rings. The lowest BCUT2D eigenvalue weighted by molar-refractivity contribution is 0.295. The fourth-order valence-electron chi connectivity index (χ4n) is 2.30. The zero-order chi connectivity index (χ0) is 15.3. The minimum absolute atomic E-state index is 0.816. The lowest BCUT2D eigenvalue weighted by atomic mass is 10.2. The maximum atomic E-state index is 5.84. The molecule has 0 bridgehead atoms. The van der Waals surface area contributed by atoms with Gasteiger partial charge in [-0.1, -0.05) is 52.4 Å². The zero-order valence-corrected chi connectivity index (χ0v) is 14.1. The summed E-state index contributed by atoms with van der Waals surface area (Å²) >= 11 is 0. The molecule has 0 spiro atoms. The van der Waals surface area contributed by atoms with Gasteiger partial charge in [0.1, 0.15) is 11.5 Å². The van der Waals surface area contributed by atoms with Crippen LogP contribution in [0, 0.1) is 6.92 Å². The molecule has 0 atom stereocenters. The molecule has 21 heavy (non-hydrogen) atoms. The van der Waals surface area contributed by atoms with Crippen LogP contribution < -0.4 is 9.47 Å². The van der Waals surface area contributed by atoms with Crippen LogP contribution in [-0.2, 0) is 0 Å². The lowest BCUT2D eigenvalue weighted by Gasteiger charge is -2.11. The molecule has 0 N–H and O–H groups in total. The zero-order valence-electron chi connectivity index (χ0n) is 14.1. The van der Waals surface area contributed by atoms with E-state index in [0.717, 1.165) is 43.1 Å². The highest BCUT2D eigenvalue weighted by molar-refractivity contribution is 5.39. The summed E-state index contributed by atoms with van der Waals surface area (Å²) in [7, 11) is 0. The van der Waals surface area contributed by atoms with Crippen LogP contribution in [0.5, 0.6) is 11.5 Å². The summed E-state index contributed by atoms with van der Waals surface area (Å²) in [5.74, 6) is 1.95. The summed E-state index contributed by atoms with van der Waals surface area (Å²) < 4.78 is 11.6. The fourth-order valence-corrected chi connectivity index (χ4v) is 2.30. The third-order valence-corrected chi connectivity index (χ3v) is 3.67. The minimum Gasteiger partial charge on any atom is -0.494 e. The largest absolute Gasteiger partial charge is 0.494 e. The van der Waals surface area contributed by atoms with Crippen LogP contribution in [0.25, 0.3) is 0 Å². The topological polar surface area (TPSA) is 18.5 Å². The Labute approximate surface area is 130 Å². The molecule has 2 heteroatoms. The van der Waals surface area contributed by atoms with Crippen molar-refractivity contribution in [2.75, 3.05) is 13.2 Å². The summed E-state index contributed by atoms with van der Waals surface area (Å²) in [5.41, 5.74) is 1.16. The maximum Gasteiger partial charge on any atom is 0.122 e. The fraction of sp³-hybridized carbons (Fsp3) is 0.684. The third-order valence-electron chi connectivity index (χ3n) is 3.67. The summed E-state index contributed by atoms with van der Waals surface area (Å²) in [6.07, 6.45) is 9.93. The molecule has 0 aromatic heterocycles. The van der Waals surface area contributed by atoms with Gasteiger partial charge in [0.15, 0.2) is 0 Å². The summed E-state index contributed by atoms with van der Waals surface area (Å²) in [6, 6.07) is 6.14. The molecule has 0 heterocycles. The predicted molar refractivity (Wildman–Crippen MR) is 90.5 cm³/mol. The smallest absolute Gasteiger partial charge is 0.122 e. The lowest BCUT2D eigenvalue weighted by Crippen LogP contribution is -2.00. The van der Waals surface area contributed by atoms with Gasteiger partial charge >= 0.3 is 0 Å². The van der Waals surface area contributed by atoms with E-state index in [9.17, 15) is 0 Å². The number of benzene rings is 1. The Hall–Kier alpha value is -1.18. The van der Waals surface area contributed by atoms with Crippen LogP contribution in [0.1, 0.15) is 70.8 Å². The number of aryl methyl sites for hydroxylation is 1. The Morgan fingerprint density at radius 1 is 0.762 bits per heavy atom. The highest BCUT2D eigenvalue weighted by Crippen LogP contribution is 2.24. The number of hydrogen-bond donors (Lipinski definition) is 0. The molecular weight excluding hydrogens is 260 g/mol. The van der Waals surface area contributed by atoms with E-state index in [1.165, 1.54) is 38.5 Å². The van der Waals surface area contributed by atoms with E-state index in [-0.39, 0.29) is 0 Å². The van der Waals surface area contributed by atoms with Crippen molar-refractivity contribution in [2.24, 2.45) is 0 Å². The van der Waals surface area contributed by atoms with Gasteiger partial charge in [0.25, 0.3) is 0 Å². The van der Waals surface area contributed by atoms with Crippen molar-refractivity contribution in [3.63, 3.8) is 0 Å². The van der Waals surface area contributed by atoms with E-state index >= 15 is 0 Å². The predicted octanol–water partition coefficient (Wildman–Crippen LogP) is 5.91. The summed E-state index contributed by atoms with van der Waals surface area (Å²) in [5, 5.41) is 0. The average molecular weight is 292 g/mol. The van der Waals surface area contributed by atoms with E-state index in [1.807, 2.05) is 12.1 Å². The molecule has 0 amide bonds. The quantitative estimate of drug-likeness (QED) is 0.446. The number of hydrogen-bond acceptors (Lipinski definition) is 2. The van der Waals surface area contributed by atoms with Gasteiger partial charge in [-0.15, -0.1) is 0 Å². The molecule has 0 fully saturated rings. The first kappa shape index (κ1) is 17.9. The van der Waals surface area contributed by atoms with Crippen molar-refractivity contribution in [2.45, 2.75) is 72.1 Å². The second kappa shape index (κ2) is 11.5. The molecule has 1 rings (SSSR count). The van der Waals surface area contributed by atoms with Gasteiger partial charge in [-0.05, 0) is 43.5 Å². The Bertz CT molecular complexity index is 374. The van der Waals surface area contributed by atoms with Gasteiger partial charge in [0, 0.05) is 0 Å². The number of unbranched alkanes of at least 4 members (excludes halogenated alkanes) is 6. The van der Waals surface area contributed by atoms with Crippen molar-refractivity contribution in [1.29, 1.82) is 0 Å². The monoisotopic (exact) mass is 292 g/mol. The van der Waals surface area contributed by atoms with Crippen LogP contribution in [0.3, 0.4) is 0 Å². The van der Waals surface area contributed by atoms with Crippen LogP contribution in [0.2, 0.25) is 0 Å². The molecule has 0 aliphatic heterocycles. The highest BCUT2D eigenvalue weighted by atomic mass is 16.5. The Kier molecular flexibility index (Phi) is 9.77. The maximum absolute atomic E-state index is 5.84. The SMILES string of the molecule is CCCCCCOc1ccc(OCCCCCC)c(C)c1. The van der Waals surface area contributed by atoms with Crippen molar-refractivity contribution < 1.29 is 9.47 Å². The van der Waals surface area contributed by atoms with Crippen LogP contribution in [-0.4, -0.2) is 13.2 Å². The second-order valence-corrected chi connectivity index (χ2v) is 5.75. The standard InChI is InChI=1S/C19H32O2/c1-4-6-8-10-14-20-18-12-13-19(17(3)16-18)21-15-11-9-7-5-2/h12-13,16H,4-11,14-15H2,1-3H3. The van der Waals surface area contributed by atoms with Gasteiger partial charge in [-0.3, -0.25) is 0 Å². The van der Waals surface area contributed by atoms with E-state index in [2.05, 4.69) is 26.8 Å². The molecule has 0 aliphatic carbocycles. The summed E-state index contributed by atoms with van der Waals surface area (Å²) in [4.78, 5) is 0. The molecule has 1 aromatic rings. The Morgan fingerprint density at radius 3 is 1.95 bits per heavy atom. The van der Waals surface area contributed by atoms with E-state index in [0.29, 0.717) is 0 Å². The third kappa shape index (κ3) is 7.99. The average Bonchev–Trinajstić information content (AvgIpc) is 2.48. The molecular formula is C19H32O2. The van der Waals surface area contributed by atoms with Crippen molar-refractivity contribution in [1.82, 2.24) is 0 Å². The van der Waals surface area contributed by atoms with E-state index < -0.39 is 0 Å². The molecule has 0 saturated heterocycles. The first-order valence-electron chi connectivity index (χ1n) is 8.64. The second-order valence-electron chi connectivity index (χ2n) is 5.75. The Morgan fingerprint density at radius 2 is 1.38 bits per heavy atom. The van der Waals surface area contributed by atoms with Gasteiger partial charge in [-0.2, -0.15) is 0 Å². The van der Waals surface area contributed by atoms with Crippen LogP contribution >= 0.6 is 0 Å². The van der Waals surface area contributed by atoms with Crippen molar-refractivity contribution in [3.8, 4) is 11.5 Å². The first-order valence-corrected chi connectivity index (χ1v) is 8.64. The van der Waals surface area contributed by atoms with Gasteiger partial charge in [-0.25, -0.2) is 0 Å². The van der Waals surface area contributed by atoms with Crippen molar-refractivity contribution in [3.05, 3.63) is 23.8 Å². The van der Waals surface area contributed by atoms with Gasteiger partial charge in [0.05, 0.1) is 13.2 Å². The first-order chi connectivity index (χ1) is 10.3. The molecule has 1 aromatic carbocycles. The van der Waals surface area contributed by atoms with Crippen LogP contribution in [0.15, 0.2) is 18.2 Å². The minimum atomic E-state index is 0.816. The normalized spacial score (nSPS) is 10.6. The molecule has 120 valence electrons. The number of ether oxygens (including phenoxy) is 2. The highest BCUT2D eigenvalue weighted by Gasteiger charge is 2.02. The molecule has 0 unspecified atom stereocenters. The summed E-state index contributed by atoms with van der Waals surface area (Å²) in [6.45, 7) is 8.18. The number of rotatable bonds is 12. The van der Waals surface area contributed by atoms with Crippen LogP contribution in [0.4, 0.5) is 0 Å². The van der Waals surface area contributed by atoms with Gasteiger partial charge in [0.2, 0.25) is 0 Å². The van der Waals surface area contributed by atoms with E-state index in [4.69, 9.17) is 9.47 Å². The van der Waals surface area contributed by atoms with Gasteiger partial charge < -0.3 is 9.47 Å². The van der Waals surface area contributed by atoms with E-state index in [1.54, 1.807) is 0 Å².